The summed E-state index contributed by atoms with van der Waals surface area (Å²) in [7, 11) is 0. The average Bonchev–Trinajstić information content (AvgIpc) is 1.77. The minimum atomic E-state index is 0. The van der Waals surface area contributed by atoms with Crippen molar-refractivity contribution in [1.82, 2.24) is 5.32 Å². The van der Waals surface area contributed by atoms with E-state index in [1.807, 2.05) is 0 Å². The molecule has 0 amide bonds. The molecule has 0 saturated carbocycles. The predicted molar refractivity (Wildman–Crippen MR) is 43.1 cm³/mol. The lowest BCUT2D eigenvalue weighted by Crippen LogP contribution is -2.35. The van der Waals surface area contributed by atoms with Crippen molar-refractivity contribution in [1.29, 1.82) is 0 Å². The van der Waals surface area contributed by atoms with Gasteiger partial charge in [0, 0.05) is 6.04 Å². The molecule has 1 nitrogen and oxygen atoms in total. The highest BCUT2D eigenvalue weighted by atomic mass is 35.5. The minimum Gasteiger partial charge on any atom is -0.314 e. The fourth-order valence-corrected chi connectivity index (χ4v) is 1.14. The van der Waals surface area contributed by atoms with Crippen molar-refractivity contribution in [3.8, 4) is 0 Å². The lowest BCUT2D eigenvalue weighted by Gasteiger charge is -2.24. The van der Waals surface area contributed by atoms with Crippen LogP contribution in [0.5, 0.6) is 0 Å². The van der Waals surface area contributed by atoms with E-state index in [9.17, 15) is 0 Å². The van der Waals surface area contributed by atoms with Crippen LogP contribution in [0.1, 0.15) is 26.7 Å². The summed E-state index contributed by atoms with van der Waals surface area (Å²) in [4.78, 5) is 0. The van der Waals surface area contributed by atoms with E-state index in [0.717, 1.165) is 12.0 Å². The van der Waals surface area contributed by atoms with Crippen LogP contribution in [0.3, 0.4) is 0 Å². The van der Waals surface area contributed by atoms with E-state index < -0.39 is 0 Å². The van der Waals surface area contributed by atoms with Crippen LogP contribution in [0.25, 0.3) is 0 Å². The number of halogens is 1. The summed E-state index contributed by atoms with van der Waals surface area (Å²) in [6, 6.07) is 0.770. The van der Waals surface area contributed by atoms with E-state index in [4.69, 9.17) is 0 Å². The number of piperidine rings is 1. The van der Waals surface area contributed by atoms with Crippen LogP contribution < -0.4 is 5.32 Å². The zero-order valence-electron chi connectivity index (χ0n) is 6.18. The molecule has 1 rings (SSSR count). The summed E-state index contributed by atoms with van der Waals surface area (Å²) in [5.41, 5.74) is 0. The number of rotatable bonds is 0. The van der Waals surface area contributed by atoms with Gasteiger partial charge in [-0.25, -0.2) is 0 Å². The number of hydrogen-bond acceptors (Lipinski definition) is 1. The summed E-state index contributed by atoms with van der Waals surface area (Å²) in [5.74, 6) is 0.909. The first kappa shape index (κ1) is 9.25. The highest BCUT2D eigenvalue weighted by molar-refractivity contribution is 5.85. The van der Waals surface area contributed by atoms with Crippen LogP contribution >= 0.6 is 12.4 Å². The fraction of sp³-hybridized carbons (Fsp3) is 1.00. The third-order valence-corrected chi connectivity index (χ3v) is 1.91. The van der Waals surface area contributed by atoms with Gasteiger partial charge in [-0.05, 0) is 32.2 Å². The minimum absolute atomic E-state index is 0. The van der Waals surface area contributed by atoms with Gasteiger partial charge >= 0.3 is 0 Å². The van der Waals surface area contributed by atoms with Gasteiger partial charge in [-0.3, -0.25) is 0 Å². The SMILES string of the molecule is C[C@@H]1CC[C@@H](C)NC1.Cl. The lowest BCUT2D eigenvalue weighted by atomic mass is 9.98. The van der Waals surface area contributed by atoms with Gasteiger partial charge in [-0.15, -0.1) is 12.4 Å². The van der Waals surface area contributed by atoms with Crippen molar-refractivity contribution in [2.24, 2.45) is 5.92 Å². The molecule has 0 bridgehead atoms. The van der Waals surface area contributed by atoms with Crippen molar-refractivity contribution >= 4 is 12.4 Å². The summed E-state index contributed by atoms with van der Waals surface area (Å²) in [5, 5.41) is 3.43. The summed E-state index contributed by atoms with van der Waals surface area (Å²) in [6.45, 7) is 5.78. The molecule has 1 saturated heterocycles. The zero-order valence-corrected chi connectivity index (χ0v) is 7.00. The largest absolute Gasteiger partial charge is 0.314 e. The molecular weight excluding hydrogens is 134 g/mol. The van der Waals surface area contributed by atoms with E-state index in [-0.39, 0.29) is 12.4 Å². The molecule has 9 heavy (non-hydrogen) atoms. The molecular formula is C7H16ClN. The quantitative estimate of drug-likeness (QED) is 0.554. The van der Waals surface area contributed by atoms with Gasteiger partial charge in [0.05, 0.1) is 0 Å². The summed E-state index contributed by atoms with van der Waals surface area (Å²) in [6.07, 6.45) is 2.77. The van der Waals surface area contributed by atoms with Gasteiger partial charge < -0.3 is 5.32 Å². The molecule has 0 unspecified atom stereocenters. The molecule has 1 aliphatic heterocycles. The van der Waals surface area contributed by atoms with Crippen LogP contribution in [-0.2, 0) is 0 Å². The van der Waals surface area contributed by atoms with E-state index in [0.29, 0.717) is 0 Å². The van der Waals surface area contributed by atoms with E-state index >= 15 is 0 Å². The van der Waals surface area contributed by atoms with Crippen molar-refractivity contribution in [3.63, 3.8) is 0 Å². The standard InChI is InChI=1S/C7H15N.ClH/c1-6-3-4-7(2)8-5-6;/h6-8H,3-5H2,1-2H3;1H/t6-,7-;/m1./s1. The Bertz CT molecular complexity index is 57.3. The number of hydrogen-bond donors (Lipinski definition) is 1. The normalized spacial score (nSPS) is 35.3. The smallest absolute Gasteiger partial charge is 0.00389 e. The van der Waals surface area contributed by atoms with Gasteiger partial charge in [0.15, 0.2) is 0 Å². The maximum Gasteiger partial charge on any atom is 0.00389 e. The predicted octanol–water partition coefficient (Wildman–Crippen LogP) is 1.82. The second-order valence-corrected chi connectivity index (χ2v) is 2.99. The van der Waals surface area contributed by atoms with Crippen molar-refractivity contribution < 1.29 is 0 Å². The lowest BCUT2D eigenvalue weighted by molar-refractivity contribution is 0.343. The van der Waals surface area contributed by atoms with E-state index in [1.165, 1.54) is 19.4 Å². The summed E-state index contributed by atoms with van der Waals surface area (Å²) < 4.78 is 0. The molecule has 2 atom stereocenters. The van der Waals surface area contributed by atoms with Crippen molar-refractivity contribution in [2.75, 3.05) is 6.54 Å². The molecule has 56 valence electrons. The second kappa shape index (κ2) is 4.13. The Morgan fingerprint density at radius 3 is 2.22 bits per heavy atom. The maximum absolute atomic E-state index is 3.43. The molecule has 0 aromatic heterocycles. The van der Waals surface area contributed by atoms with Crippen LogP contribution in [-0.4, -0.2) is 12.6 Å². The fourth-order valence-electron chi connectivity index (χ4n) is 1.14. The van der Waals surface area contributed by atoms with Gasteiger partial charge in [0.1, 0.15) is 0 Å². The molecule has 0 radical (unpaired) electrons. The van der Waals surface area contributed by atoms with Crippen molar-refractivity contribution in [3.05, 3.63) is 0 Å². The Morgan fingerprint density at radius 2 is 1.89 bits per heavy atom. The molecule has 0 aromatic carbocycles. The highest BCUT2D eigenvalue weighted by Crippen LogP contribution is 2.11. The van der Waals surface area contributed by atoms with Crippen molar-refractivity contribution in [2.45, 2.75) is 32.7 Å². The molecule has 1 N–H and O–H groups in total. The van der Waals surface area contributed by atoms with E-state index in [2.05, 4.69) is 19.2 Å². The van der Waals surface area contributed by atoms with Gasteiger partial charge in [0.25, 0.3) is 0 Å². The Labute approximate surface area is 63.6 Å². The first-order valence-corrected chi connectivity index (χ1v) is 3.52. The Balaban J connectivity index is 0.000000640. The molecule has 0 aliphatic carbocycles. The Kier molecular flexibility index (Phi) is 4.24. The van der Waals surface area contributed by atoms with E-state index in [1.54, 1.807) is 0 Å². The molecule has 1 heterocycles. The Morgan fingerprint density at radius 1 is 1.22 bits per heavy atom. The van der Waals surface area contributed by atoms with Gasteiger partial charge in [0.2, 0.25) is 0 Å². The second-order valence-electron chi connectivity index (χ2n) is 2.99. The first-order valence-electron chi connectivity index (χ1n) is 3.52. The first-order chi connectivity index (χ1) is 3.79. The van der Waals surface area contributed by atoms with Crippen LogP contribution in [0.4, 0.5) is 0 Å². The molecule has 2 heteroatoms. The topological polar surface area (TPSA) is 12.0 Å². The van der Waals surface area contributed by atoms with Gasteiger partial charge in [-0.2, -0.15) is 0 Å². The molecule has 1 aliphatic rings. The highest BCUT2D eigenvalue weighted by Gasteiger charge is 2.11. The van der Waals surface area contributed by atoms with Crippen LogP contribution in [0, 0.1) is 5.92 Å². The van der Waals surface area contributed by atoms with Crippen LogP contribution in [0.2, 0.25) is 0 Å². The maximum atomic E-state index is 3.43. The third kappa shape index (κ3) is 3.07. The molecule has 0 spiro atoms. The molecule has 1 fully saturated rings. The number of nitrogens with one attached hydrogen (secondary N) is 1. The monoisotopic (exact) mass is 149 g/mol. The van der Waals surface area contributed by atoms with Gasteiger partial charge in [-0.1, -0.05) is 6.92 Å². The molecule has 0 aromatic rings. The Hall–Kier alpha value is 0.250. The third-order valence-electron chi connectivity index (χ3n) is 1.91. The summed E-state index contributed by atoms with van der Waals surface area (Å²) >= 11 is 0. The van der Waals surface area contributed by atoms with Crippen LogP contribution in [0.15, 0.2) is 0 Å². The average molecular weight is 150 g/mol. The zero-order chi connectivity index (χ0) is 5.98.